The molecular weight excluding hydrogens is 635 g/mol. The molecule has 4 heterocycles. The first-order valence-electron chi connectivity index (χ1n) is 17.4. The highest BCUT2D eigenvalue weighted by Crippen LogP contribution is 2.48. The standard InChI is InChI=1S/C47H27N5/c1-2-13-42-41(12-1)51-46(31-22-24-48-25-23-31)47(52-42)34-9-3-8-32(26-34)39-20-17-29-14-15-30-18-21-40(50-45(30)44(29)49-39)33-16-19-35-36-10-4-6-28-7-5-11-37(43(28)36)38(35)27-33/h1-27H. The molecular formula is C47H27N5. The Kier molecular flexibility index (Phi) is 6.18. The maximum Gasteiger partial charge on any atom is 0.0974 e. The molecule has 1 aliphatic rings. The minimum absolute atomic E-state index is 0.818. The van der Waals surface area contributed by atoms with E-state index in [0.717, 1.165) is 77.9 Å². The van der Waals surface area contributed by atoms with Crippen LogP contribution in [-0.2, 0) is 0 Å². The number of aromatic nitrogens is 5. The van der Waals surface area contributed by atoms with Crippen LogP contribution in [0, 0.1) is 0 Å². The lowest BCUT2D eigenvalue weighted by atomic mass is 9.99. The van der Waals surface area contributed by atoms with Gasteiger partial charge in [-0.2, -0.15) is 0 Å². The first-order valence-corrected chi connectivity index (χ1v) is 17.4. The highest BCUT2D eigenvalue weighted by atomic mass is 14.8. The van der Waals surface area contributed by atoms with E-state index in [1.165, 1.54) is 33.0 Å². The first-order chi connectivity index (χ1) is 25.7. The number of para-hydroxylation sites is 2. The van der Waals surface area contributed by atoms with Gasteiger partial charge >= 0.3 is 0 Å². The van der Waals surface area contributed by atoms with Gasteiger partial charge in [0.1, 0.15) is 0 Å². The van der Waals surface area contributed by atoms with Crippen LogP contribution in [-0.4, -0.2) is 24.9 Å². The van der Waals surface area contributed by atoms with Crippen molar-refractivity contribution in [2.75, 3.05) is 0 Å². The molecule has 0 fully saturated rings. The van der Waals surface area contributed by atoms with Gasteiger partial charge in [-0.1, -0.05) is 103 Å². The lowest BCUT2D eigenvalue weighted by Gasteiger charge is -2.12. The molecule has 0 unspecified atom stereocenters. The summed E-state index contributed by atoms with van der Waals surface area (Å²) in [6.07, 6.45) is 3.58. The number of benzene rings is 6. The second-order valence-corrected chi connectivity index (χ2v) is 13.3. The Morgan fingerprint density at radius 2 is 0.904 bits per heavy atom. The van der Waals surface area contributed by atoms with Crippen LogP contribution >= 0.6 is 0 Å². The molecule has 0 spiro atoms. The fourth-order valence-electron chi connectivity index (χ4n) is 7.78. The first kappa shape index (κ1) is 28.7. The van der Waals surface area contributed by atoms with E-state index in [4.69, 9.17) is 19.9 Å². The molecule has 0 saturated heterocycles. The molecule has 11 rings (SSSR count). The Morgan fingerprint density at radius 1 is 0.327 bits per heavy atom. The van der Waals surface area contributed by atoms with Gasteiger partial charge in [0, 0.05) is 45.4 Å². The molecule has 0 bridgehead atoms. The molecule has 0 amide bonds. The zero-order valence-corrected chi connectivity index (χ0v) is 27.8. The molecule has 0 aliphatic heterocycles. The molecule has 0 N–H and O–H groups in total. The monoisotopic (exact) mass is 661 g/mol. The summed E-state index contributed by atoms with van der Waals surface area (Å²) in [4.78, 5) is 25.0. The average Bonchev–Trinajstić information content (AvgIpc) is 3.54. The van der Waals surface area contributed by atoms with E-state index in [0.29, 0.717) is 0 Å². The van der Waals surface area contributed by atoms with Crippen LogP contribution in [0.1, 0.15) is 0 Å². The molecule has 1 aliphatic carbocycles. The highest BCUT2D eigenvalue weighted by molar-refractivity contribution is 6.15. The van der Waals surface area contributed by atoms with Crippen molar-refractivity contribution in [2.45, 2.75) is 0 Å². The van der Waals surface area contributed by atoms with Gasteiger partial charge in [-0.15, -0.1) is 0 Å². The predicted molar refractivity (Wildman–Crippen MR) is 212 cm³/mol. The number of nitrogens with zero attached hydrogens (tertiary/aromatic N) is 5. The SMILES string of the molecule is c1cc(-c2ccc3ccc4ccc(-c5ccc6c(c5)-c5cccc7cccc-6c57)nc4c3n2)cc(-c2nc3ccccc3nc2-c2ccncc2)c1. The number of hydrogen-bond donors (Lipinski definition) is 0. The van der Waals surface area contributed by atoms with Gasteiger partial charge in [-0.3, -0.25) is 4.98 Å². The summed E-state index contributed by atoms with van der Waals surface area (Å²) >= 11 is 0. The summed E-state index contributed by atoms with van der Waals surface area (Å²) in [5.74, 6) is 0. The second-order valence-electron chi connectivity index (χ2n) is 13.3. The zero-order valence-electron chi connectivity index (χ0n) is 27.8. The van der Waals surface area contributed by atoms with Gasteiger partial charge < -0.3 is 0 Å². The Balaban J connectivity index is 1.03. The average molecular weight is 662 g/mol. The second kappa shape index (κ2) is 11.2. The number of rotatable bonds is 4. The Morgan fingerprint density at radius 3 is 1.60 bits per heavy atom. The summed E-state index contributed by atoms with van der Waals surface area (Å²) in [6.45, 7) is 0. The van der Waals surface area contributed by atoms with Gasteiger partial charge in [0.15, 0.2) is 0 Å². The van der Waals surface area contributed by atoms with Gasteiger partial charge in [0.25, 0.3) is 0 Å². The van der Waals surface area contributed by atoms with Gasteiger partial charge in [-0.05, 0) is 81.6 Å². The molecule has 4 aromatic heterocycles. The van der Waals surface area contributed by atoms with Crippen molar-refractivity contribution in [3.8, 4) is 67.3 Å². The summed E-state index contributed by atoms with van der Waals surface area (Å²) < 4.78 is 0. The Hall–Kier alpha value is -7.11. The van der Waals surface area contributed by atoms with Crippen LogP contribution in [0.15, 0.2) is 164 Å². The molecule has 240 valence electrons. The van der Waals surface area contributed by atoms with E-state index in [1.54, 1.807) is 12.4 Å². The van der Waals surface area contributed by atoms with Crippen molar-refractivity contribution in [1.29, 1.82) is 0 Å². The minimum atomic E-state index is 0.818. The smallest absolute Gasteiger partial charge is 0.0974 e. The van der Waals surface area contributed by atoms with E-state index < -0.39 is 0 Å². The summed E-state index contributed by atoms with van der Waals surface area (Å²) in [5.41, 5.74) is 16.0. The fourth-order valence-corrected chi connectivity index (χ4v) is 7.78. The van der Waals surface area contributed by atoms with E-state index >= 15 is 0 Å². The maximum atomic E-state index is 5.29. The largest absolute Gasteiger partial charge is 0.265 e. The van der Waals surface area contributed by atoms with Crippen LogP contribution in [0.2, 0.25) is 0 Å². The van der Waals surface area contributed by atoms with Crippen molar-refractivity contribution >= 4 is 43.6 Å². The molecule has 10 aromatic rings. The van der Waals surface area contributed by atoms with Crippen LogP contribution < -0.4 is 0 Å². The molecule has 6 aromatic carbocycles. The topological polar surface area (TPSA) is 64.5 Å². The summed E-state index contributed by atoms with van der Waals surface area (Å²) in [7, 11) is 0. The van der Waals surface area contributed by atoms with E-state index in [1.807, 2.05) is 36.4 Å². The van der Waals surface area contributed by atoms with Crippen molar-refractivity contribution in [2.24, 2.45) is 0 Å². The van der Waals surface area contributed by atoms with Crippen molar-refractivity contribution in [3.63, 3.8) is 0 Å². The molecule has 5 nitrogen and oxygen atoms in total. The van der Waals surface area contributed by atoms with E-state index in [9.17, 15) is 0 Å². The molecule has 5 heteroatoms. The summed E-state index contributed by atoms with van der Waals surface area (Å²) in [6, 6.07) is 53.0. The summed E-state index contributed by atoms with van der Waals surface area (Å²) in [5, 5.41) is 4.71. The lowest BCUT2D eigenvalue weighted by Crippen LogP contribution is -1.96. The van der Waals surface area contributed by atoms with E-state index in [2.05, 4.69) is 120 Å². The van der Waals surface area contributed by atoms with Crippen LogP contribution in [0.5, 0.6) is 0 Å². The predicted octanol–water partition coefficient (Wildman–Crippen LogP) is 11.6. The molecule has 0 saturated carbocycles. The zero-order chi connectivity index (χ0) is 34.2. The number of pyridine rings is 3. The van der Waals surface area contributed by atoms with Crippen LogP contribution in [0.3, 0.4) is 0 Å². The third-order valence-corrected chi connectivity index (χ3v) is 10.3. The quantitative estimate of drug-likeness (QED) is 0.176. The lowest BCUT2D eigenvalue weighted by molar-refractivity contribution is 1.27. The van der Waals surface area contributed by atoms with Crippen molar-refractivity contribution < 1.29 is 0 Å². The highest BCUT2D eigenvalue weighted by Gasteiger charge is 2.22. The molecule has 0 radical (unpaired) electrons. The Bertz CT molecular complexity index is 3070. The van der Waals surface area contributed by atoms with Gasteiger partial charge in [0.2, 0.25) is 0 Å². The fraction of sp³-hybridized carbons (Fsp3) is 0. The normalized spacial score (nSPS) is 11.8. The number of hydrogen-bond acceptors (Lipinski definition) is 5. The maximum absolute atomic E-state index is 5.29. The van der Waals surface area contributed by atoms with Crippen LogP contribution in [0.4, 0.5) is 0 Å². The molecule has 52 heavy (non-hydrogen) atoms. The van der Waals surface area contributed by atoms with Crippen LogP contribution in [0.25, 0.3) is 111 Å². The Labute approximate surface area is 299 Å². The minimum Gasteiger partial charge on any atom is -0.265 e. The van der Waals surface area contributed by atoms with Crippen molar-refractivity contribution in [3.05, 3.63) is 164 Å². The third kappa shape index (κ3) is 4.46. The molecule has 0 atom stereocenters. The van der Waals surface area contributed by atoms with Gasteiger partial charge in [-0.25, -0.2) is 19.9 Å². The third-order valence-electron chi connectivity index (χ3n) is 10.3. The van der Waals surface area contributed by atoms with E-state index in [-0.39, 0.29) is 0 Å². The number of fused-ring (bicyclic) bond motifs is 7. The van der Waals surface area contributed by atoms with Crippen molar-refractivity contribution in [1.82, 2.24) is 24.9 Å². The van der Waals surface area contributed by atoms with Gasteiger partial charge in [0.05, 0.1) is 44.8 Å².